The Labute approximate surface area is 196 Å². The number of hydrogen-bond donors (Lipinski definition) is 0. The van der Waals surface area contributed by atoms with E-state index in [1.54, 1.807) is 18.2 Å². The summed E-state index contributed by atoms with van der Waals surface area (Å²) in [6.45, 7) is 4.13. The predicted octanol–water partition coefficient (Wildman–Crippen LogP) is 5.50. The van der Waals surface area contributed by atoms with E-state index >= 15 is 0 Å². The lowest BCUT2D eigenvalue weighted by molar-refractivity contribution is -0.134. The van der Waals surface area contributed by atoms with Crippen LogP contribution in [-0.2, 0) is 14.3 Å². The van der Waals surface area contributed by atoms with E-state index in [-0.39, 0.29) is 17.6 Å². The molecule has 0 saturated carbocycles. The highest BCUT2D eigenvalue weighted by Crippen LogP contribution is 2.38. The first-order chi connectivity index (χ1) is 14.4. The van der Waals surface area contributed by atoms with Crippen LogP contribution in [0.15, 0.2) is 51.6 Å². The molecule has 1 heterocycles. The van der Waals surface area contributed by atoms with E-state index in [0.29, 0.717) is 41.0 Å². The number of ether oxygens (including phenoxy) is 3. The fraction of sp³-hybridized carbons (Fsp3) is 0.227. The summed E-state index contributed by atoms with van der Waals surface area (Å²) in [5.41, 5.74) is 1.55. The average Bonchev–Trinajstić information content (AvgIpc) is 3.06. The molecule has 8 heteroatoms. The number of cyclic esters (lactones) is 1. The third-order valence-electron chi connectivity index (χ3n) is 4.02. The van der Waals surface area contributed by atoms with Gasteiger partial charge in [-0.2, -0.15) is 0 Å². The van der Waals surface area contributed by atoms with Gasteiger partial charge in [0.15, 0.2) is 17.2 Å². The van der Waals surface area contributed by atoms with Gasteiger partial charge in [0, 0.05) is 15.6 Å². The normalized spacial score (nSPS) is 14.5. The van der Waals surface area contributed by atoms with Crippen molar-refractivity contribution in [2.75, 3.05) is 6.61 Å². The minimum atomic E-state index is -0.531. The van der Waals surface area contributed by atoms with Crippen molar-refractivity contribution >= 4 is 62.4 Å². The second-order valence-electron chi connectivity index (χ2n) is 6.33. The standard InChI is InChI=1S/C22H19BrINO5/c1-3-5-19(26)29-20-16(23)10-13(12-18(20)28-4-2)11-17-22(27)30-21(25-17)14-6-8-15(24)9-7-14/h6-12H,3-5H2,1-2H3/b17-11-. The smallest absolute Gasteiger partial charge is 0.363 e. The average molecular weight is 584 g/mol. The molecule has 0 amide bonds. The molecule has 0 saturated heterocycles. The molecule has 3 rings (SSSR count). The Hall–Kier alpha value is -2.20. The van der Waals surface area contributed by atoms with E-state index in [9.17, 15) is 9.59 Å². The minimum absolute atomic E-state index is 0.175. The molecule has 30 heavy (non-hydrogen) atoms. The Morgan fingerprint density at radius 2 is 1.97 bits per heavy atom. The van der Waals surface area contributed by atoms with E-state index in [1.807, 2.05) is 38.1 Å². The van der Waals surface area contributed by atoms with Crippen LogP contribution in [0.1, 0.15) is 37.8 Å². The molecule has 1 aliphatic heterocycles. The van der Waals surface area contributed by atoms with Crippen LogP contribution in [0.2, 0.25) is 0 Å². The van der Waals surface area contributed by atoms with Gasteiger partial charge in [0.1, 0.15) is 0 Å². The first-order valence-corrected chi connectivity index (χ1v) is 11.2. The van der Waals surface area contributed by atoms with E-state index in [4.69, 9.17) is 14.2 Å². The Bertz CT molecular complexity index is 1030. The maximum Gasteiger partial charge on any atom is 0.363 e. The molecule has 0 fully saturated rings. The zero-order valence-electron chi connectivity index (χ0n) is 16.4. The van der Waals surface area contributed by atoms with Crippen LogP contribution in [0.4, 0.5) is 0 Å². The van der Waals surface area contributed by atoms with Crippen molar-refractivity contribution in [1.29, 1.82) is 0 Å². The van der Waals surface area contributed by atoms with Crippen LogP contribution in [-0.4, -0.2) is 24.4 Å². The van der Waals surface area contributed by atoms with Crippen LogP contribution >= 0.6 is 38.5 Å². The lowest BCUT2D eigenvalue weighted by atomic mass is 10.1. The van der Waals surface area contributed by atoms with Gasteiger partial charge in [0.05, 0.1) is 11.1 Å². The summed E-state index contributed by atoms with van der Waals surface area (Å²) in [4.78, 5) is 28.5. The van der Waals surface area contributed by atoms with Gasteiger partial charge in [-0.15, -0.1) is 0 Å². The zero-order chi connectivity index (χ0) is 21.7. The molecule has 156 valence electrons. The van der Waals surface area contributed by atoms with Gasteiger partial charge in [-0.25, -0.2) is 9.79 Å². The van der Waals surface area contributed by atoms with Gasteiger partial charge in [-0.05, 0) is 99.9 Å². The van der Waals surface area contributed by atoms with Crippen LogP contribution in [0.5, 0.6) is 11.5 Å². The van der Waals surface area contributed by atoms with Crippen molar-refractivity contribution in [2.45, 2.75) is 26.7 Å². The topological polar surface area (TPSA) is 74.2 Å². The molecule has 0 spiro atoms. The first-order valence-electron chi connectivity index (χ1n) is 9.36. The SMILES string of the molecule is CCCC(=O)Oc1c(Br)cc(/C=C2\N=C(c3ccc(I)cc3)OC2=O)cc1OCC. The second-order valence-corrected chi connectivity index (χ2v) is 8.43. The van der Waals surface area contributed by atoms with E-state index in [2.05, 4.69) is 43.5 Å². The van der Waals surface area contributed by atoms with Gasteiger partial charge in [-0.1, -0.05) is 6.92 Å². The Balaban J connectivity index is 1.93. The summed E-state index contributed by atoms with van der Waals surface area (Å²) in [5, 5.41) is 0. The molecule has 0 N–H and O–H groups in total. The number of halogens is 2. The molecule has 2 aromatic rings. The van der Waals surface area contributed by atoms with E-state index < -0.39 is 5.97 Å². The van der Waals surface area contributed by atoms with Gasteiger partial charge in [0.25, 0.3) is 0 Å². The van der Waals surface area contributed by atoms with Crippen molar-refractivity contribution in [2.24, 2.45) is 4.99 Å². The van der Waals surface area contributed by atoms with Crippen molar-refractivity contribution in [3.8, 4) is 11.5 Å². The summed E-state index contributed by atoms with van der Waals surface area (Å²) in [5.74, 6) is 0.107. The number of rotatable bonds is 7. The number of nitrogens with zero attached hydrogens (tertiary/aromatic N) is 1. The van der Waals surface area contributed by atoms with Crippen molar-refractivity contribution in [3.63, 3.8) is 0 Å². The lowest BCUT2D eigenvalue weighted by Gasteiger charge is -2.13. The summed E-state index contributed by atoms with van der Waals surface area (Å²) < 4.78 is 18.0. The van der Waals surface area contributed by atoms with Crippen molar-refractivity contribution in [3.05, 3.63) is 61.3 Å². The zero-order valence-corrected chi connectivity index (χ0v) is 20.2. The number of carbonyl (C=O) groups is 2. The monoisotopic (exact) mass is 583 g/mol. The molecule has 0 aromatic heterocycles. The highest BCUT2D eigenvalue weighted by molar-refractivity contribution is 14.1. The van der Waals surface area contributed by atoms with Gasteiger partial charge < -0.3 is 14.2 Å². The van der Waals surface area contributed by atoms with Crippen molar-refractivity contribution in [1.82, 2.24) is 0 Å². The fourth-order valence-electron chi connectivity index (χ4n) is 2.69. The quantitative estimate of drug-likeness (QED) is 0.186. The van der Waals surface area contributed by atoms with Gasteiger partial charge in [0.2, 0.25) is 5.90 Å². The molecule has 1 aliphatic rings. The largest absolute Gasteiger partial charge is 0.490 e. The highest BCUT2D eigenvalue weighted by Gasteiger charge is 2.24. The summed E-state index contributed by atoms with van der Waals surface area (Å²) in [7, 11) is 0. The fourth-order valence-corrected chi connectivity index (χ4v) is 3.59. The molecule has 0 unspecified atom stereocenters. The third-order valence-corrected chi connectivity index (χ3v) is 5.32. The maximum absolute atomic E-state index is 12.3. The Kier molecular flexibility index (Phi) is 7.65. The molecule has 2 aromatic carbocycles. The Morgan fingerprint density at radius 1 is 1.23 bits per heavy atom. The molecule has 6 nitrogen and oxygen atoms in total. The maximum atomic E-state index is 12.3. The molecular formula is C22H19BrINO5. The molecule has 0 bridgehead atoms. The second kappa shape index (κ2) is 10.2. The molecule has 0 radical (unpaired) electrons. The van der Waals surface area contributed by atoms with Crippen LogP contribution in [0.3, 0.4) is 0 Å². The minimum Gasteiger partial charge on any atom is -0.490 e. The Morgan fingerprint density at radius 3 is 2.63 bits per heavy atom. The van der Waals surface area contributed by atoms with Crippen LogP contribution < -0.4 is 9.47 Å². The highest BCUT2D eigenvalue weighted by atomic mass is 127. The summed E-state index contributed by atoms with van der Waals surface area (Å²) in [6.07, 6.45) is 2.60. The molecule has 0 aliphatic carbocycles. The number of benzene rings is 2. The predicted molar refractivity (Wildman–Crippen MR) is 126 cm³/mol. The number of esters is 2. The van der Waals surface area contributed by atoms with Crippen molar-refractivity contribution < 1.29 is 23.8 Å². The first kappa shape index (κ1) is 22.5. The lowest BCUT2D eigenvalue weighted by Crippen LogP contribution is -2.09. The summed E-state index contributed by atoms with van der Waals surface area (Å²) in [6, 6.07) is 11.0. The number of aliphatic imine (C=N–C) groups is 1. The van der Waals surface area contributed by atoms with Crippen LogP contribution in [0.25, 0.3) is 6.08 Å². The summed E-state index contributed by atoms with van der Waals surface area (Å²) >= 11 is 5.63. The van der Waals surface area contributed by atoms with Crippen LogP contribution in [0, 0.1) is 3.57 Å². The van der Waals surface area contributed by atoms with Gasteiger partial charge in [-0.3, -0.25) is 4.79 Å². The molecular weight excluding hydrogens is 565 g/mol. The number of carbonyl (C=O) groups excluding carboxylic acids is 2. The van der Waals surface area contributed by atoms with E-state index in [0.717, 1.165) is 9.13 Å². The van der Waals surface area contributed by atoms with Gasteiger partial charge >= 0.3 is 11.9 Å². The van der Waals surface area contributed by atoms with E-state index in [1.165, 1.54) is 0 Å². The third kappa shape index (κ3) is 5.48. The number of hydrogen-bond acceptors (Lipinski definition) is 6. The molecule has 0 atom stereocenters.